The molecule has 0 unspecified atom stereocenters. The summed E-state index contributed by atoms with van der Waals surface area (Å²) in [4.78, 5) is 8.88. The van der Waals surface area contributed by atoms with Crippen LogP contribution in [0.2, 0.25) is 0 Å². The molecule has 1 aliphatic rings. The van der Waals surface area contributed by atoms with Gasteiger partial charge in [-0.2, -0.15) is 13.2 Å². The second-order valence-corrected chi connectivity index (χ2v) is 12.9. The fraction of sp³-hybridized carbons (Fsp3) is 0.136. The molecule has 4 aromatic heterocycles. The first kappa shape index (κ1) is 33.8. The molecule has 0 amide bonds. The fourth-order valence-corrected chi connectivity index (χ4v) is 7.38. The van der Waals surface area contributed by atoms with Crippen molar-refractivity contribution in [1.29, 1.82) is 0 Å². The zero-order chi connectivity index (χ0) is 34.5. The van der Waals surface area contributed by atoms with Crippen LogP contribution < -0.4 is 0 Å². The summed E-state index contributed by atoms with van der Waals surface area (Å²) in [6.45, 7) is 0. The first-order valence-electron chi connectivity index (χ1n) is 17.0. The molecule has 0 spiro atoms. The number of aromatic nitrogens is 2. The van der Waals surface area contributed by atoms with Crippen LogP contribution in [0.5, 0.6) is 0 Å². The van der Waals surface area contributed by atoms with Crippen molar-refractivity contribution in [3.05, 3.63) is 145 Å². The molecular formula is C44H29F3IrN2O2-2. The Morgan fingerprint density at radius 3 is 1.96 bits per heavy atom. The summed E-state index contributed by atoms with van der Waals surface area (Å²) in [5, 5.41) is 4.96. The van der Waals surface area contributed by atoms with Gasteiger partial charge in [-0.15, -0.1) is 54.1 Å². The van der Waals surface area contributed by atoms with Crippen molar-refractivity contribution >= 4 is 54.6 Å². The van der Waals surface area contributed by atoms with Crippen molar-refractivity contribution in [3.8, 4) is 22.5 Å². The largest absolute Gasteiger partial charge is 0.500 e. The van der Waals surface area contributed by atoms with Crippen molar-refractivity contribution in [2.45, 2.75) is 37.8 Å². The van der Waals surface area contributed by atoms with Gasteiger partial charge in [0.25, 0.3) is 0 Å². The molecule has 1 saturated carbocycles. The van der Waals surface area contributed by atoms with Crippen LogP contribution in [-0.4, -0.2) is 9.97 Å². The van der Waals surface area contributed by atoms with Crippen LogP contribution >= 0.6 is 0 Å². The monoisotopic (exact) mass is 867 g/mol. The van der Waals surface area contributed by atoms with E-state index < -0.39 is 11.7 Å². The molecule has 9 aromatic rings. The van der Waals surface area contributed by atoms with Crippen molar-refractivity contribution in [1.82, 2.24) is 9.97 Å². The Bertz CT molecular complexity index is 2660. The van der Waals surface area contributed by atoms with E-state index in [4.69, 9.17) is 8.83 Å². The van der Waals surface area contributed by atoms with E-state index in [0.29, 0.717) is 22.5 Å². The van der Waals surface area contributed by atoms with Gasteiger partial charge in [0, 0.05) is 59.4 Å². The Morgan fingerprint density at radius 1 is 0.596 bits per heavy atom. The minimum Gasteiger partial charge on any atom is -0.500 e. The molecule has 0 bridgehead atoms. The molecule has 8 heteroatoms. The first-order chi connectivity index (χ1) is 24.9. The summed E-state index contributed by atoms with van der Waals surface area (Å²) in [7, 11) is 0. The number of hydrogen-bond donors (Lipinski definition) is 0. The third kappa shape index (κ3) is 6.06. The molecule has 10 rings (SSSR count). The number of pyridine rings is 2. The minimum atomic E-state index is -4.43. The Hall–Kier alpha value is -5.30. The average Bonchev–Trinajstić information content (AvgIpc) is 3.93. The fourth-order valence-electron chi connectivity index (χ4n) is 7.38. The molecular weight excluding hydrogens is 838 g/mol. The molecule has 4 heterocycles. The number of hydrogen-bond acceptors (Lipinski definition) is 4. The number of nitrogens with zero attached hydrogens (tertiary/aromatic N) is 2. The van der Waals surface area contributed by atoms with E-state index in [1.165, 1.54) is 37.3 Å². The van der Waals surface area contributed by atoms with E-state index in [1.54, 1.807) is 6.20 Å². The molecule has 0 N–H and O–H groups in total. The Balaban J connectivity index is 0.000000253. The second-order valence-electron chi connectivity index (χ2n) is 12.9. The molecule has 0 atom stereocenters. The summed E-state index contributed by atoms with van der Waals surface area (Å²) in [5.41, 5.74) is 6.43. The van der Waals surface area contributed by atoms with Gasteiger partial charge >= 0.3 is 6.18 Å². The quantitative estimate of drug-likeness (QED) is 0.166. The summed E-state index contributed by atoms with van der Waals surface area (Å²) in [6, 6.07) is 39.8. The Kier molecular flexibility index (Phi) is 8.90. The van der Waals surface area contributed by atoms with E-state index in [9.17, 15) is 13.2 Å². The number of halogens is 3. The number of furan rings is 2. The van der Waals surface area contributed by atoms with Crippen LogP contribution in [0.1, 0.15) is 42.7 Å². The maximum absolute atomic E-state index is 13.3. The summed E-state index contributed by atoms with van der Waals surface area (Å²) in [5.74, 6) is 0.573. The SMILES string of the molecule is FC(F)(F)c1ccc2c(c1)oc1c2ccc2c1ccc1c3cc[c-]c(-c4cc(C5CCCC5)ccn4)c3oc12.[Ir].[c-]1ccccc1-c1ccccn1. The van der Waals surface area contributed by atoms with Gasteiger partial charge in [0.15, 0.2) is 0 Å². The minimum absolute atomic E-state index is 0. The van der Waals surface area contributed by atoms with Gasteiger partial charge in [-0.05, 0) is 78.7 Å². The standard InChI is InChI=1S/C33H21F3NO2.C11H8N.Ir/c34-33(35,36)20-8-9-21-23-10-11-26-25(30(23)38-29(21)17-20)13-12-24-22-6-3-7-27(32(22)39-31(24)26)28-16-19(14-15-37-28)18-4-1-2-5-18;1-2-6-10(7-3-1)11-8-4-5-9-12-11;/h3,6,8-18H,1-2,4-5H2;1-6,8-9H;/q2*-1;. The molecule has 259 valence electrons. The third-order valence-corrected chi connectivity index (χ3v) is 9.87. The maximum Gasteiger partial charge on any atom is 0.416 e. The molecule has 5 aromatic carbocycles. The van der Waals surface area contributed by atoms with Crippen LogP contribution in [0.4, 0.5) is 13.2 Å². The molecule has 1 fully saturated rings. The van der Waals surface area contributed by atoms with E-state index in [-0.39, 0.29) is 25.7 Å². The van der Waals surface area contributed by atoms with Gasteiger partial charge in [-0.3, -0.25) is 0 Å². The van der Waals surface area contributed by atoms with Crippen LogP contribution in [0.25, 0.3) is 77.2 Å². The predicted molar refractivity (Wildman–Crippen MR) is 195 cm³/mol. The smallest absolute Gasteiger partial charge is 0.416 e. The Labute approximate surface area is 310 Å². The maximum atomic E-state index is 13.3. The van der Waals surface area contributed by atoms with Crippen molar-refractivity contribution < 1.29 is 42.1 Å². The van der Waals surface area contributed by atoms with E-state index in [0.717, 1.165) is 67.2 Å². The molecule has 1 radical (unpaired) electrons. The summed E-state index contributed by atoms with van der Waals surface area (Å²) < 4.78 is 52.4. The zero-order valence-electron chi connectivity index (χ0n) is 27.6. The Morgan fingerprint density at radius 2 is 1.27 bits per heavy atom. The number of fused-ring (bicyclic) bond motifs is 9. The van der Waals surface area contributed by atoms with E-state index in [2.05, 4.69) is 34.2 Å². The van der Waals surface area contributed by atoms with Crippen molar-refractivity contribution in [2.24, 2.45) is 0 Å². The molecule has 4 nitrogen and oxygen atoms in total. The summed E-state index contributed by atoms with van der Waals surface area (Å²) >= 11 is 0. The van der Waals surface area contributed by atoms with Crippen LogP contribution in [0, 0.1) is 12.1 Å². The second kappa shape index (κ2) is 13.7. The average molecular weight is 867 g/mol. The molecule has 52 heavy (non-hydrogen) atoms. The molecule has 1 aliphatic carbocycles. The van der Waals surface area contributed by atoms with Gasteiger partial charge in [0.05, 0.1) is 11.1 Å². The normalized spacial score (nSPS) is 13.5. The van der Waals surface area contributed by atoms with Crippen LogP contribution in [-0.2, 0) is 26.3 Å². The summed E-state index contributed by atoms with van der Waals surface area (Å²) in [6.07, 6.45) is 4.18. The number of benzene rings is 5. The van der Waals surface area contributed by atoms with E-state index in [1.807, 2.05) is 85.1 Å². The molecule has 0 saturated heterocycles. The predicted octanol–water partition coefficient (Wildman–Crippen LogP) is 12.7. The third-order valence-electron chi connectivity index (χ3n) is 9.87. The van der Waals surface area contributed by atoms with Gasteiger partial charge in [-0.1, -0.05) is 53.6 Å². The number of alkyl halides is 3. The van der Waals surface area contributed by atoms with Crippen LogP contribution in [0.3, 0.4) is 0 Å². The van der Waals surface area contributed by atoms with E-state index >= 15 is 0 Å². The van der Waals surface area contributed by atoms with Crippen molar-refractivity contribution in [2.75, 3.05) is 0 Å². The first-order valence-corrected chi connectivity index (χ1v) is 17.0. The molecule has 0 aliphatic heterocycles. The zero-order valence-corrected chi connectivity index (χ0v) is 30.0. The van der Waals surface area contributed by atoms with Crippen LogP contribution in [0.15, 0.2) is 130 Å². The topological polar surface area (TPSA) is 52.1 Å². The number of rotatable bonds is 3. The van der Waals surface area contributed by atoms with Gasteiger partial charge in [-0.25, -0.2) is 0 Å². The van der Waals surface area contributed by atoms with Gasteiger partial charge in [0.1, 0.15) is 16.7 Å². The van der Waals surface area contributed by atoms with Gasteiger partial charge < -0.3 is 18.8 Å². The van der Waals surface area contributed by atoms with Crippen molar-refractivity contribution in [3.63, 3.8) is 0 Å². The van der Waals surface area contributed by atoms with Gasteiger partial charge in [0.2, 0.25) is 0 Å².